The summed E-state index contributed by atoms with van der Waals surface area (Å²) in [7, 11) is 3.02. The van der Waals surface area contributed by atoms with Gasteiger partial charge in [0.15, 0.2) is 5.76 Å². The molecule has 0 fully saturated rings. The van der Waals surface area contributed by atoms with Gasteiger partial charge in [-0.15, -0.1) is 0 Å². The highest BCUT2D eigenvalue weighted by Crippen LogP contribution is 2.00. The number of methoxy groups -OCH3 is 2. The van der Waals surface area contributed by atoms with Gasteiger partial charge in [-0.25, -0.2) is 4.99 Å². The molecule has 0 aliphatic rings. The SMILES string of the molecule is C=C(C)N=C(OC)C(=C)OC. The second-order valence-electron chi connectivity index (χ2n) is 1.98. The van der Waals surface area contributed by atoms with Gasteiger partial charge in [-0.2, -0.15) is 0 Å². The largest absolute Gasteiger partial charge is 0.492 e. The van der Waals surface area contributed by atoms with E-state index in [1.807, 2.05) is 0 Å². The van der Waals surface area contributed by atoms with Gasteiger partial charge in [0.1, 0.15) is 0 Å². The summed E-state index contributed by atoms with van der Waals surface area (Å²) in [5, 5.41) is 0. The van der Waals surface area contributed by atoms with Crippen LogP contribution in [0, 0.1) is 0 Å². The van der Waals surface area contributed by atoms with Crippen LogP contribution in [0.15, 0.2) is 29.6 Å². The Balaban J connectivity index is 4.39. The van der Waals surface area contributed by atoms with Gasteiger partial charge in [-0.1, -0.05) is 13.2 Å². The normalized spacial score (nSPS) is 10.6. The lowest BCUT2D eigenvalue weighted by Gasteiger charge is -2.05. The first-order valence-corrected chi connectivity index (χ1v) is 3.13. The minimum absolute atomic E-state index is 0.361. The quantitative estimate of drug-likeness (QED) is 0.353. The van der Waals surface area contributed by atoms with E-state index in [4.69, 9.17) is 9.47 Å². The van der Waals surface area contributed by atoms with Crippen LogP contribution < -0.4 is 0 Å². The van der Waals surface area contributed by atoms with Crippen molar-refractivity contribution in [3.63, 3.8) is 0 Å². The average Bonchev–Trinajstić information content (AvgIpc) is 1.98. The van der Waals surface area contributed by atoms with E-state index in [0.717, 1.165) is 0 Å². The van der Waals surface area contributed by atoms with Crippen molar-refractivity contribution in [3.05, 3.63) is 24.6 Å². The van der Waals surface area contributed by atoms with Crippen LogP contribution in [0.5, 0.6) is 0 Å². The molecule has 11 heavy (non-hydrogen) atoms. The van der Waals surface area contributed by atoms with Gasteiger partial charge in [-0.3, -0.25) is 0 Å². The standard InChI is InChI=1S/C8H13NO2/c1-6(2)9-8(11-5)7(3)10-4/h1,3H2,2,4-5H3. The fourth-order valence-electron chi connectivity index (χ4n) is 0.482. The van der Waals surface area contributed by atoms with E-state index in [1.165, 1.54) is 14.2 Å². The zero-order chi connectivity index (χ0) is 8.85. The van der Waals surface area contributed by atoms with E-state index in [-0.39, 0.29) is 0 Å². The van der Waals surface area contributed by atoms with Gasteiger partial charge in [0.2, 0.25) is 0 Å². The van der Waals surface area contributed by atoms with Gasteiger partial charge in [0.25, 0.3) is 5.90 Å². The molecular weight excluding hydrogens is 142 g/mol. The molecule has 0 spiro atoms. The van der Waals surface area contributed by atoms with Crippen LogP contribution in [-0.2, 0) is 9.47 Å². The van der Waals surface area contributed by atoms with Crippen LogP contribution in [0.25, 0.3) is 0 Å². The zero-order valence-electron chi connectivity index (χ0n) is 7.18. The van der Waals surface area contributed by atoms with Crippen molar-refractivity contribution >= 4 is 5.90 Å². The molecule has 0 aliphatic heterocycles. The van der Waals surface area contributed by atoms with Crippen LogP contribution in [0.2, 0.25) is 0 Å². The minimum Gasteiger partial charge on any atom is -0.492 e. The molecule has 0 atom stereocenters. The molecule has 3 nitrogen and oxygen atoms in total. The lowest BCUT2D eigenvalue weighted by molar-refractivity contribution is 0.287. The monoisotopic (exact) mass is 155 g/mol. The summed E-state index contributed by atoms with van der Waals surface area (Å²) >= 11 is 0. The lowest BCUT2D eigenvalue weighted by Crippen LogP contribution is -2.06. The molecule has 62 valence electrons. The fourth-order valence-corrected chi connectivity index (χ4v) is 0.482. The molecule has 0 unspecified atom stereocenters. The Labute approximate surface area is 67.0 Å². The van der Waals surface area contributed by atoms with E-state index < -0.39 is 0 Å². The number of ether oxygens (including phenoxy) is 2. The Morgan fingerprint density at radius 3 is 2.00 bits per heavy atom. The lowest BCUT2D eigenvalue weighted by atomic mass is 10.5. The number of nitrogens with zero attached hydrogens (tertiary/aromatic N) is 1. The molecule has 0 bridgehead atoms. The first-order valence-electron chi connectivity index (χ1n) is 3.13. The van der Waals surface area contributed by atoms with Gasteiger partial charge >= 0.3 is 0 Å². The van der Waals surface area contributed by atoms with Gasteiger partial charge in [-0.05, 0) is 6.92 Å². The maximum absolute atomic E-state index is 4.88. The Morgan fingerprint density at radius 1 is 1.18 bits per heavy atom. The second kappa shape index (κ2) is 4.55. The van der Waals surface area contributed by atoms with Crippen LogP contribution >= 0.6 is 0 Å². The Morgan fingerprint density at radius 2 is 1.73 bits per heavy atom. The Kier molecular flexibility index (Phi) is 4.03. The summed E-state index contributed by atoms with van der Waals surface area (Å²) in [4.78, 5) is 3.94. The number of hydrogen-bond donors (Lipinski definition) is 0. The maximum atomic E-state index is 4.88. The molecule has 0 aromatic rings. The predicted octanol–water partition coefficient (Wildman–Crippen LogP) is 1.72. The third-order valence-electron chi connectivity index (χ3n) is 0.971. The molecule has 0 N–H and O–H groups in total. The number of hydrogen-bond acceptors (Lipinski definition) is 3. The predicted molar refractivity (Wildman–Crippen MR) is 45.4 cm³/mol. The molecule has 0 aliphatic carbocycles. The fraction of sp³-hybridized carbons (Fsp3) is 0.375. The molecule has 0 amide bonds. The molecular formula is C8H13NO2. The molecule has 0 saturated carbocycles. The smallest absolute Gasteiger partial charge is 0.256 e. The Hall–Kier alpha value is -1.25. The van der Waals surface area contributed by atoms with Crippen molar-refractivity contribution in [1.29, 1.82) is 0 Å². The summed E-state index contributed by atoms with van der Waals surface area (Å²) in [6.45, 7) is 8.94. The molecule has 0 aromatic heterocycles. The van der Waals surface area contributed by atoms with Crippen molar-refractivity contribution in [2.45, 2.75) is 6.92 Å². The van der Waals surface area contributed by atoms with E-state index in [2.05, 4.69) is 18.2 Å². The topological polar surface area (TPSA) is 30.8 Å². The number of rotatable bonds is 3. The molecule has 0 radical (unpaired) electrons. The summed E-state index contributed by atoms with van der Waals surface area (Å²) < 4.78 is 9.69. The van der Waals surface area contributed by atoms with Crippen LogP contribution in [0.1, 0.15) is 6.92 Å². The second-order valence-corrected chi connectivity index (χ2v) is 1.98. The average molecular weight is 155 g/mol. The van der Waals surface area contributed by atoms with Crippen molar-refractivity contribution in [3.8, 4) is 0 Å². The van der Waals surface area contributed by atoms with Crippen molar-refractivity contribution in [2.24, 2.45) is 4.99 Å². The first kappa shape index (κ1) is 9.75. The van der Waals surface area contributed by atoms with E-state index in [0.29, 0.717) is 17.4 Å². The van der Waals surface area contributed by atoms with Gasteiger partial charge < -0.3 is 9.47 Å². The number of allylic oxidation sites excluding steroid dienone is 1. The highest BCUT2D eigenvalue weighted by atomic mass is 16.5. The van der Waals surface area contributed by atoms with E-state index in [9.17, 15) is 0 Å². The van der Waals surface area contributed by atoms with Crippen molar-refractivity contribution < 1.29 is 9.47 Å². The molecule has 3 heteroatoms. The van der Waals surface area contributed by atoms with Crippen LogP contribution in [0.3, 0.4) is 0 Å². The summed E-state index contributed by atoms with van der Waals surface area (Å²) in [6.07, 6.45) is 0. The third-order valence-corrected chi connectivity index (χ3v) is 0.971. The van der Waals surface area contributed by atoms with Gasteiger partial charge in [0, 0.05) is 5.70 Å². The highest BCUT2D eigenvalue weighted by molar-refractivity contribution is 5.91. The highest BCUT2D eigenvalue weighted by Gasteiger charge is 2.02. The van der Waals surface area contributed by atoms with Gasteiger partial charge in [0.05, 0.1) is 14.2 Å². The third kappa shape index (κ3) is 3.45. The van der Waals surface area contributed by atoms with Crippen molar-refractivity contribution in [1.82, 2.24) is 0 Å². The van der Waals surface area contributed by atoms with E-state index >= 15 is 0 Å². The first-order chi connectivity index (χ1) is 5.11. The zero-order valence-corrected chi connectivity index (χ0v) is 7.18. The van der Waals surface area contributed by atoms with Crippen LogP contribution in [-0.4, -0.2) is 20.1 Å². The Bertz CT molecular complexity index is 194. The molecule has 0 saturated heterocycles. The molecule has 0 rings (SSSR count). The van der Waals surface area contributed by atoms with Crippen LogP contribution in [0.4, 0.5) is 0 Å². The maximum Gasteiger partial charge on any atom is 0.256 e. The van der Waals surface area contributed by atoms with E-state index in [1.54, 1.807) is 6.92 Å². The summed E-state index contributed by atoms with van der Waals surface area (Å²) in [6, 6.07) is 0. The minimum atomic E-state index is 0.361. The molecule has 0 aromatic carbocycles. The van der Waals surface area contributed by atoms with Crippen molar-refractivity contribution in [2.75, 3.05) is 14.2 Å². The molecule has 0 heterocycles. The summed E-state index contributed by atoms with van der Waals surface area (Å²) in [5.41, 5.74) is 0.653. The number of aliphatic imine (C=N–C) groups is 1. The summed E-state index contributed by atoms with van der Waals surface area (Å²) in [5.74, 6) is 0.760.